The number of fused-ring (bicyclic) bond motifs is 1. The third-order valence-corrected chi connectivity index (χ3v) is 7.74. The highest BCUT2D eigenvalue weighted by Crippen LogP contribution is 2.46. The number of hydrogen-bond acceptors (Lipinski definition) is 7. The molecular weight excluding hydrogens is 420 g/mol. The summed E-state index contributed by atoms with van der Waals surface area (Å²) in [4.78, 5) is 30.4. The number of carbonyl (C=O) groups excluding carboxylic acids is 1. The molecule has 0 aliphatic carbocycles. The van der Waals surface area contributed by atoms with Crippen LogP contribution in [0.15, 0.2) is 39.8 Å². The minimum atomic E-state index is -2.54. The number of nitrogens with one attached hydrogen (secondary N) is 1. The van der Waals surface area contributed by atoms with Gasteiger partial charge in [0.25, 0.3) is 5.56 Å². The lowest BCUT2D eigenvalue weighted by molar-refractivity contribution is -0.114. The summed E-state index contributed by atoms with van der Waals surface area (Å²) in [5, 5.41) is 2.93. The Balaban J connectivity index is 1.70. The van der Waals surface area contributed by atoms with Crippen LogP contribution in [-0.2, 0) is 18.4 Å². The fourth-order valence-electron chi connectivity index (χ4n) is 3.84. The van der Waals surface area contributed by atoms with E-state index < -0.39 is 10.6 Å². The second-order valence-corrected chi connectivity index (χ2v) is 10.6. The van der Waals surface area contributed by atoms with Crippen LogP contribution in [-0.4, -0.2) is 53.6 Å². The number of furan rings is 1. The van der Waals surface area contributed by atoms with Gasteiger partial charge in [-0.05, 0) is 30.7 Å². The summed E-state index contributed by atoms with van der Waals surface area (Å²) in [6.45, 7) is 4.83. The lowest BCUT2D eigenvalue weighted by atomic mass is 10.1. The van der Waals surface area contributed by atoms with Gasteiger partial charge in [0.05, 0.1) is 22.9 Å². The Morgan fingerprint density at radius 3 is 2.87 bits per heavy atom. The average molecular weight is 447 g/mol. The molecule has 3 aromatic rings. The van der Waals surface area contributed by atoms with Crippen molar-refractivity contribution < 1.29 is 18.3 Å². The molecule has 1 saturated heterocycles. The molecule has 0 spiro atoms. The van der Waals surface area contributed by atoms with E-state index in [1.54, 1.807) is 37.6 Å². The molecule has 3 aromatic heterocycles. The number of pyridine rings is 2. The molecule has 0 radical (unpaired) electrons. The van der Waals surface area contributed by atoms with E-state index in [1.807, 2.05) is 6.92 Å². The molecule has 4 rings (SSSR count). The maximum Gasteiger partial charge on any atom is 0.261 e. The Kier molecular flexibility index (Phi) is 5.65. The summed E-state index contributed by atoms with van der Waals surface area (Å²) in [7, 11) is -0.855. The lowest BCUT2D eigenvalue weighted by Gasteiger charge is -2.46. The molecule has 0 aromatic carbocycles. The number of nitrogens with zero attached hydrogens (tertiary/aromatic N) is 3. The third-order valence-electron chi connectivity index (χ3n) is 5.52. The van der Waals surface area contributed by atoms with Crippen LogP contribution in [0, 0.1) is 0 Å². The van der Waals surface area contributed by atoms with Crippen LogP contribution >= 0.6 is 10.6 Å². The van der Waals surface area contributed by atoms with Gasteiger partial charge < -0.3 is 14.3 Å². The zero-order valence-electron chi connectivity index (χ0n) is 17.7. The van der Waals surface area contributed by atoms with Crippen LogP contribution in [0.1, 0.15) is 19.6 Å². The number of carbonyl (C=O) groups is 1. The van der Waals surface area contributed by atoms with Crippen LogP contribution in [0.25, 0.3) is 22.1 Å². The highest BCUT2D eigenvalue weighted by Gasteiger charge is 2.30. The van der Waals surface area contributed by atoms with Crippen LogP contribution in [0.5, 0.6) is 0 Å². The smallest absolute Gasteiger partial charge is 0.261 e. The van der Waals surface area contributed by atoms with Gasteiger partial charge in [-0.2, -0.15) is 10.6 Å². The maximum atomic E-state index is 12.7. The highest BCUT2D eigenvalue weighted by molar-refractivity contribution is 8.24. The summed E-state index contributed by atoms with van der Waals surface area (Å²) < 4.78 is 27.7. The quantitative estimate of drug-likeness (QED) is 0.563. The average Bonchev–Trinajstić information content (AvgIpc) is 3.11. The van der Waals surface area contributed by atoms with Gasteiger partial charge in [0.15, 0.2) is 0 Å². The number of aryl methyl sites for hydroxylation is 1. The van der Waals surface area contributed by atoms with Gasteiger partial charge in [-0.25, -0.2) is 4.98 Å². The first kappa shape index (κ1) is 21.6. The van der Waals surface area contributed by atoms with Gasteiger partial charge in [-0.1, -0.05) is 0 Å². The molecule has 1 unspecified atom stereocenters. The van der Waals surface area contributed by atoms with Gasteiger partial charge in [-0.15, -0.1) is 0 Å². The molecule has 3 N–H and O–H groups in total. The maximum absolute atomic E-state index is 12.7. The third kappa shape index (κ3) is 4.38. The van der Waals surface area contributed by atoms with Gasteiger partial charge in [-0.3, -0.25) is 23.6 Å². The summed E-state index contributed by atoms with van der Waals surface area (Å²) in [5.41, 5.74) is 1.80. The monoisotopic (exact) mass is 446 g/mol. The van der Waals surface area contributed by atoms with E-state index in [1.165, 1.54) is 11.5 Å². The van der Waals surface area contributed by atoms with Gasteiger partial charge in [0.1, 0.15) is 17.2 Å². The van der Waals surface area contributed by atoms with Crippen molar-refractivity contribution in [3.63, 3.8) is 0 Å². The molecule has 1 aliphatic heterocycles. The molecule has 4 heterocycles. The molecule has 0 bridgehead atoms. The summed E-state index contributed by atoms with van der Waals surface area (Å²) in [6, 6.07) is 5.29. The predicted octanol–water partition coefficient (Wildman–Crippen LogP) is 3.11. The normalized spacial score (nSPS) is 20.0. The number of hydrogen-bond donors (Lipinski definition) is 3. The SMILES string of the molecule is CC(=O)Nc1cc(-c2cn(C)c(=O)c3cc(CN4CCS(O)(O)C(C)C4)oc23)ccn1. The standard InChI is InChI=1S/C21H26N4O5S/c1-13-10-25(6-7-31(13,28)29)11-16-9-17-20(30-16)18(12-24(3)21(17)27)15-4-5-22-19(8-15)23-14(2)26/h4-5,8-9,12-13,28-29H,6-7,10-11H2,1-3H3,(H,22,23,26). The molecular formula is C21H26N4O5S. The zero-order valence-corrected chi connectivity index (χ0v) is 18.5. The van der Waals surface area contributed by atoms with Gasteiger partial charge in [0.2, 0.25) is 5.91 Å². The second kappa shape index (κ2) is 8.12. The first-order valence-electron chi connectivity index (χ1n) is 9.97. The predicted molar refractivity (Wildman–Crippen MR) is 121 cm³/mol. The topological polar surface area (TPSA) is 121 Å². The van der Waals surface area contributed by atoms with E-state index in [4.69, 9.17) is 4.42 Å². The molecule has 1 aliphatic rings. The molecule has 1 atom stereocenters. The van der Waals surface area contributed by atoms with E-state index in [-0.39, 0.29) is 16.7 Å². The van der Waals surface area contributed by atoms with Crippen LogP contribution < -0.4 is 10.9 Å². The summed E-state index contributed by atoms with van der Waals surface area (Å²) >= 11 is 0. The fourth-order valence-corrected chi connectivity index (χ4v) is 5.21. The number of rotatable bonds is 4. The van der Waals surface area contributed by atoms with Crippen molar-refractivity contribution >= 4 is 33.3 Å². The molecule has 1 fully saturated rings. The van der Waals surface area contributed by atoms with Crippen LogP contribution in [0.2, 0.25) is 0 Å². The van der Waals surface area contributed by atoms with Crippen LogP contribution in [0.4, 0.5) is 5.82 Å². The Bertz CT molecular complexity index is 1200. The van der Waals surface area contributed by atoms with E-state index >= 15 is 0 Å². The first-order chi connectivity index (χ1) is 14.6. The van der Waals surface area contributed by atoms with E-state index in [9.17, 15) is 18.7 Å². The van der Waals surface area contributed by atoms with Crippen molar-refractivity contribution in [2.75, 3.05) is 24.2 Å². The molecule has 31 heavy (non-hydrogen) atoms. The van der Waals surface area contributed by atoms with E-state index in [0.29, 0.717) is 47.9 Å². The van der Waals surface area contributed by atoms with Crippen molar-refractivity contribution in [1.29, 1.82) is 0 Å². The van der Waals surface area contributed by atoms with Crippen LogP contribution in [0.3, 0.4) is 0 Å². The van der Waals surface area contributed by atoms with Crippen molar-refractivity contribution in [1.82, 2.24) is 14.5 Å². The van der Waals surface area contributed by atoms with Crippen molar-refractivity contribution in [3.8, 4) is 11.1 Å². The molecule has 166 valence electrons. The molecule has 9 nitrogen and oxygen atoms in total. The van der Waals surface area contributed by atoms with E-state index in [0.717, 1.165) is 11.1 Å². The minimum absolute atomic E-state index is 0.161. The summed E-state index contributed by atoms with van der Waals surface area (Å²) in [5.74, 6) is 1.17. The van der Waals surface area contributed by atoms with Crippen molar-refractivity contribution in [3.05, 3.63) is 46.7 Å². The Labute approximate surface area is 181 Å². The van der Waals surface area contributed by atoms with Crippen molar-refractivity contribution in [2.24, 2.45) is 7.05 Å². The largest absolute Gasteiger partial charge is 0.459 e. The Hall–Kier alpha value is -2.66. The highest BCUT2D eigenvalue weighted by atomic mass is 32.3. The van der Waals surface area contributed by atoms with Gasteiger partial charge >= 0.3 is 0 Å². The number of aromatic nitrogens is 2. The first-order valence-corrected chi connectivity index (χ1v) is 11.7. The Morgan fingerprint density at radius 1 is 1.39 bits per heavy atom. The van der Waals surface area contributed by atoms with E-state index in [2.05, 4.69) is 15.2 Å². The fraction of sp³-hybridized carbons (Fsp3) is 0.381. The zero-order chi connectivity index (χ0) is 22.3. The Morgan fingerprint density at radius 2 is 2.16 bits per heavy atom. The molecule has 1 amide bonds. The summed E-state index contributed by atoms with van der Waals surface area (Å²) in [6.07, 6.45) is 3.30. The molecule has 10 heteroatoms. The second-order valence-electron chi connectivity index (χ2n) is 7.99. The van der Waals surface area contributed by atoms with Crippen molar-refractivity contribution in [2.45, 2.75) is 25.6 Å². The minimum Gasteiger partial charge on any atom is -0.459 e. The lowest BCUT2D eigenvalue weighted by Crippen LogP contribution is -2.42. The number of amides is 1. The molecule has 0 saturated carbocycles. The number of anilines is 1. The van der Waals surface area contributed by atoms with Gasteiger partial charge in [0, 0.05) is 45.0 Å².